The van der Waals surface area contributed by atoms with Crippen molar-refractivity contribution < 1.29 is 22.8 Å². The van der Waals surface area contributed by atoms with Gasteiger partial charge >= 0.3 is 12.2 Å². The van der Waals surface area contributed by atoms with E-state index in [1.54, 1.807) is 24.8 Å². The van der Waals surface area contributed by atoms with Gasteiger partial charge in [0.1, 0.15) is 12.6 Å². The lowest BCUT2D eigenvalue weighted by Gasteiger charge is -2.40. The summed E-state index contributed by atoms with van der Waals surface area (Å²) in [5, 5.41) is 3.15. The van der Waals surface area contributed by atoms with Crippen LogP contribution in [0.3, 0.4) is 0 Å². The molecule has 0 unspecified atom stereocenters. The first kappa shape index (κ1) is 27.3. The van der Waals surface area contributed by atoms with Crippen LogP contribution < -0.4 is 10.2 Å². The van der Waals surface area contributed by atoms with Gasteiger partial charge in [0.25, 0.3) is 0 Å². The van der Waals surface area contributed by atoms with Crippen molar-refractivity contribution in [1.29, 1.82) is 0 Å². The second-order valence-corrected chi connectivity index (χ2v) is 10.2. The number of halogens is 4. The van der Waals surface area contributed by atoms with E-state index < -0.39 is 23.8 Å². The maximum Gasteiger partial charge on any atom is 0.416 e. The smallest absolute Gasteiger partial charge is 0.316 e. The second kappa shape index (κ2) is 10.7. The monoisotopic (exact) mass is 566 g/mol. The zero-order valence-electron chi connectivity index (χ0n) is 21.7. The van der Waals surface area contributed by atoms with E-state index in [0.717, 1.165) is 29.1 Å². The number of carbonyl (C=O) groups excluding carboxylic acids is 2. The van der Waals surface area contributed by atoms with E-state index in [4.69, 9.17) is 11.6 Å². The van der Waals surface area contributed by atoms with Crippen molar-refractivity contribution in [3.63, 3.8) is 0 Å². The fraction of sp³-hybridized carbons (Fsp3) is 0.200. The molecule has 40 heavy (non-hydrogen) atoms. The number of nitrogens with one attached hydrogen (secondary N) is 1. The Morgan fingerprint density at radius 3 is 2.30 bits per heavy atom. The third kappa shape index (κ3) is 5.29. The Hall–Kier alpha value is -4.24. The number of aromatic nitrogens is 1. The number of para-hydroxylation sites is 2. The van der Waals surface area contributed by atoms with Gasteiger partial charge < -0.3 is 14.8 Å². The molecule has 10 heteroatoms. The minimum Gasteiger partial charge on any atom is -0.316 e. The first-order valence-electron chi connectivity index (χ1n) is 12.6. The Kier molecular flexibility index (Phi) is 7.33. The van der Waals surface area contributed by atoms with E-state index in [0.29, 0.717) is 10.7 Å². The van der Waals surface area contributed by atoms with Crippen molar-refractivity contribution in [2.24, 2.45) is 0 Å². The molecule has 5 rings (SSSR count). The highest BCUT2D eigenvalue weighted by Gasteiger charge is 2.37. The lowest BCUT2D eigenvalue weighted by molar-refractivity contribution is -0.137. The van der Waals surface area contributed by atoms with E-state index in [9.17, 15) is 22.8 Å². The molecule has 6 nitrogen and oxygen atoms in total. The van der Waals surface area contributed by atoms with Crippen molar-refractivity contribution in [3.8, 4) is 5.69 Å². The average molecular weight is 567 g/mol. The molecule has 1 atom stereocenters. The summed E-state index contributed by atoms with van der Waals surface area (Å²) in [4.78, 5) is 30.4. The number of anilines is 2. The van der Waals surface area contributed by atoms with Crippen molar-refractivity contribution in [2.45, 2.75) is 32.1 Å². The third-order valence-electron chi connectivity index (χ3n) is 6.81. The molecular formula is C30H26ClF3N4O2. The van der Waals surface area contributed by atoms with Crippen molar-refractivity contribution >= 4 is 34.9 Å². The summed E-state index contributed by atoms with van der Waals surface area (Å²) in [5.41, 5.74) is 2.53. The zero-order chi connectivity index (χ0) is 28.6. The molecule has 1 aromatic heterocycles. The van der Waals surface area contributed by atoms with Crippen LogP contribution >= 0.6 is 11.6 Å². The number of alkyl halides is 3. The average Bonchev–Trinajstić information content (AvgIpc) is 3.40. The Balaban J connectivity index is 1.47. The second-order valence-electron chi connectivity index (χ2n) is 9.74. The fourth-order valence-corrected chi connectivity index (χ4v) is 5.10. The molecule has 3 aromatic carbocycles. The van der Waals surface area contributed by atoms with Gasteiger partial charge in [-0.25, -0.2) is 4.79 Å². The number of amides is 3. The number of fused-ring (bicyclic) bond motifs is 3. The van der Waals surface area contributed by atoms with Crippen LogP contribution in [0, 0.1) is 0 Å². The normalized spacial score (nSPS) is 14.5. The van der Waals surface area contributed by atoms with Gasteiger partial charge in [-0.15, -0.1) is 0 Å². The summed E-state index contributed by atoms with van der Waals surface area (Å²) < 4.78 is 40.9. The lowest BCUT2D eigenvalue weighted by Crippen LogP contribution is -2.49. The summed E-state index contributed by atoms with van der Waals surface area (Å²) in [6.07, 6.45) is -2.55. The topological polar surface area (TPSA) is 57.6 Å². The molecule has 3 amide bonds. The molecule has 2 heterocycles. The maximum absolute atomic E-state index is 14.1. The molecule has 0 aliphatic carbocycles. The van der Waals surface area contributed by atoms with Gasteiger partial charge in [-0.1, -0.05) is 35.9 Å². The zero-order valence-corrected chi connectivity index (χ0v) is 22.4. The first-order valence-corrected chi connectivity index (χ1v) is 13.0. The predicted molar refractivity (Wildman–Crippen MR) is 149 cm³/mol. The SMILES string of the molecule is CC(C)N(CC(=O)N1c2ccccc2-n2cccc2[C@H]1c1cccc(Cl)c1)C(=O)Nc1ccc(C(F)(F)F)cc1. The number of rotatable bonds is 5. The van der Waals surface area contributed by atoms with Gasteiger partial charge in [-0.05, 0) is 80.1 Å². The predicted octanol–water partition coefficient (Wildman–Crippen LogP) is 7.53. The standard InChI is InChI=1S/C30H26ClF3N4O2/c1-19(2)37(29(40)35-23-14-12-21(13-15-23)30(32,33)34)18-27(39)38-25-10-4-3-9-24(25)36-16-6-11-26(36)28(38)20-7-5-8-22(31)17-20/h3-17,19,28H,18H2,1-2H3,(H,35,40)/t28-/m1/s1. The number of hydrogen-bond acceptors (Lipinski definition) is 2. The molecule has 0 spiro atoms. The van der Waals surface area contributed by atoms with Gasteiger partial charge in [0.15, 0.2) is 0 Å². The number of hydrogen-bond donors (Lipinski definition) is 1. The number of benzene rings is 3. The van der Waals surface area contributed by atoms with Crippen LogP contribution in [0.5, 0.6) is 0 Å². The quantitative estimate of drug-likeness (QED) is 0.271. The molecule has 1 aliphatic rings. The Morgan fingerprint density at radius 1 is 0.950 bits per heavy atom. The minimum atomic E-state index is -4.48. The van der Waals surface area contributed by atoms with Gasteiger partial charge in [-0.2, -0.15) is 13.2 Å². The first-order chi connectivity index (χ1) is 19.0. The van der Waals surface area contributed by atoms with Gasteiger partial charge in [0, 0.05) is 22.9 Å². The van der Waals surface area contributed by atoms with E-state index in [1.807, 2.05) is 65.4 Å². The Morgan fingerprint density at radius 2 is 1.65 bits per heavy atom. The van der Waals surface area contributed by atoms with E-state index in [-0.39, 0.29) is 24.2 Å². The van der Waals surface area contributed by atoms with E-state index >= 15 is 0 Å². The maximum atomic E-state index is 14.1. The molecule has 1 N–H and O–H groups in total. The summed E-state index contributed by atoms with van der Waals surface area (Å²) in [6, 6.07) is 21.4. The largest absolute Gasteiger partial charge is 0.416 e. The molecule has 0 saturated heterocycles. The number of carbonyl (C=O) groups is 2. The summed E-state index contributed by atoms with van der Waals surface area (Å²) >= 11 is 6.34. The highest BCUT2D eigenvalue weighted by atomic mass is 35.5. The third-order valence-corrected chi connectivity index (χ3v) is 7.04. The highest BCUT2D eigenvalue weighted by molar-refractivity contribution is 6.30. The van der Waals surface area contributed by atoms with Gasteiger partial charge in [0.05, 0.1) is 22.6 Å². The molecule has 1 aliphatic heterocycles. The van der Waals surface area contributed by atoms with Crippen LogP contribution in [-0.4, -0.2) is 34.0 Å². The van der Waals surface area contributed by atoms with Crippen LogP contribution in [0.4, 0.5) is 29.3 Å². The van der Waals surface area contributed by atoms with Crippen LogP contribution in [0.1, 0.15) is 36.7 Å². The number of urea groups is 1. The van der Waals surface area contributed by atoms with Crippen LogP contribution in [-0.2, 0) is 11.0 Å². The van der Waals surface area contributed by atoms with Crippen LogP contribution in [0.25, 0.3) is 5.69 Å². The summed E-state index contributed by atoms with van der Waals surface area (Å²) in [5.74, 6) is -0.332. The lowest BCUT2D eigenvalue weighted by atomic mass is 9.97. The van der Waals surface area contributed by atoms with Gasteiger partial charge in [0.2, 0.25) is 5.91 Å². The van der Waals surface area contributed by atoms with Crippen molar-refractivity contribution in [2.75, 3.05) is 16.8 Å². The Bertz CT molecular complexity index is 1550. The van der Waals surface area contributed by atoms with Gasteiger partial charge in [-0.3, -0.25) is 9.69 Å². The van der Waals surface area contributed by atoms with Crippen molar-refractivity contribution in [1.82, 2.24) is 9.47 Å². The Labute approximate surface area is 234 Å². The molecule has 4 aromatic rings. The van der Waals surface area contributed by atoms with E-state index in [1.165, 1.54) is 17.0 Å². The molecule has 0 radical (unpaired) electrons. The summed E-state index contributed by atoms with van der Waals surface area (Å²) in [7, 11) is 0. The molecule has 0 fully saturated rings. The molecule has 0 bridgehead atoms. The highest BCUT2D eigenvalue weighted by Crippen LogP contribution is 2.42. The molecule has 206 valence electrons. The molecular weight excluding hydrogens is 541 g/mol. The molecule has 0 saturated carbocycles. The van der Waals surface area contributed by atoms with Crippen LogP contribution in [0.2, 0.25) is 5.02 Å². The fourth-order valence-electron chi connectivity index (χ4n) is 4.90. The minimum absolute atomic E-state index is 0.189. The van der Waals surface area contributed by atoms with E-state index in [2.05, 4.69) is 5.32 Å². The number of nitrogens with zero attached hydrogens (tertiary/aromatic N) is 3. The summed E-state index contributed by atoms with van der Waals surface area (Å²) in [6.45, 7) is 3.27. The van der Waals surface area contributed by atoms with Crippen molar-refractivity contribution in [3.05, 3.63) is 113 Å². The van der Waals surface area contributed by atoms with Crippen LogP contribution in [0.15, 0.2) is 91.1 Å².